The molecule has 176 valence electrons. The zero-order valence-electron chi connectivity index (χ0n) is 19.2. The molecule has 9 heteroatoms. The normalized spacial score (nSPS) is 18.2. The number of carbonyl (C=O) groups is 3. The maximum Gasteiger partial charge on any atom is 0.257 e. The number of nitrogens with one attached hydrogen (secondary N) is 1. The van der Waals surface area contributed by atoms with Gasteiger partial charge in [0.2, 0.25) is 11.8 Å². The summed E-state index contributed by atoms with van der Waals surface area (Å²) < 4.78 is 8.08. The molecule has 1 aromatic carbocycles. The average molecular weight is 479 g/mol. The first-order valence-electron chi connectivity index (χ1n) is 11.4. The van der Waals surface area contributed by atoms with Crippen molar-refractivity contribution in [2.75, 3.05) is 16.8 Å². The number of rotatable bonds is 6. The third-order valence-corrected chi connectivity index (χ3v) is 7.18. The van der Waals surface area contributed by atoms with E-state index in [1.807, 2.05) is 5.38 Å². The maximum atomic E-state index is 12.7. The molecular weight excluding hydrogens is 452 g/mol. The molecule has 0 saturated carbocycles. The van der Waals surface area contributed by atoms with Crippen LogP contribution in [-0.2, 0) is 20.9 Å². The molecule has 1 N–H and O–H groups in total. The van der Waals surface area contributed by atoms with Gasteiger partial charge in [-0.25, -0.2) is 4.98 Å². The molecule has 3 amide bonds. The zero-order chi connectivity index (χ0) is 23.8. The summed E-state index contributed by atoms with van der Waals surface area (Å²) in [6.07, 6.45) is 2.92. The van der Waals surface area contributed by atoms with E-state index < -0.39 is 0 Å². The highest BCUT2D eigenvalue weighted by Gasteiger charge is 2.30. The van der Waals surface area contributed by atoms with E-state index in [-0.39, 0.29) is 36.7 Å². The van der Waals surface area contributed by atoms with E-state index in [1.54, 1.807) is 24.3 Å². The van der Waals surface area contributed by atoms with Gasteiger partial charge in [-0.15, -0.1) is 11.3 Å². The highest BCUT2D eigenvalue weighted by atomic mass is 32.1. The number of carbonyl (C=O) groups excluding carboxylic acids is 3. The maximum absolute atomic E-state index is 12.7. The van der Waals surface area contributed by atoms with Crippen LogP contribution in [0.4, 0.5) is 10.8 Å². The Kier molecular flexibility index (Phi) is 6.05. The number of thiazole rings is 1. The lowest BCUT2D eigenvalue weighted by molar-refractivity contribution is -0.121. The van der Waals surface area contributed by atoms with Gasteiger partial charge in [0, 0.05) is 53.9 Å². The number of benzene rings is 1. The van der Waals surface area contributed by atoms with Gasteiger partial charge in [0.15, 0.2) is 5.13 Å². The Morgan fingerprint density at radius 1 is 1.18 bits per heavy atom. The van der Waals surface area contributed by atoms with Crippen molar-refractivity contribution >= 4 is 39.9 Å². The molecule has 34 heavy (non-hydrogen) atoms. The quantitative estimate of drug-likeness (QED) is 0.533. The van der Waals surface area contributed by atoms with Crippen LogP contribution in [0.25, 0.3) is 11.3 Å². The van der Waals surface area contributed by atoms with E-state index in [0.717, 1.165) is 48.6 Å². The predicted octanol–water partition coefficient (Wildman–Crippen LogP) is 4.31. The van der Waals surface area contributed by atoms with Crippen LogP contribution in [-0.4, -0.2) is 40.0 Å². The fourth-order valence-corrected chi connectivity index (χ4v) is 5.29. The van der Waals surface area contributed by atoms with Crippen molar-refractivity contribution < 1.29 is 19.1 Å². The first kappa shape index (κ1) is 22.5. The minimum Gasteiger partial charge on any atom is -0.376 e. The number of imide groups is 1. The molecule has 3 aromatic rings. The monoisotopic (exact) mass is 478 g/mol. The van der Waals surface area contributed by atoms with Crippen LogP contribution in [0.15, 0.2) is 35.7 Å². The third kappa shape index (κ3) is 4.28. The molecule has 2 aliphatic heterocycles. The SMILES string of the molecule is Cc1cc(-c2csc(NC(=O)c3ccc(N4C(=O)CCC4=O)cc3)n2)c(C)n1CC1CCCO1. The van der Waals surface area contributed by atoms with Crippen LogP contribution in [0.3, 0.4) is 0 Å². The fourth-order valence-electron chi connectivity index (χ4n) is 4.58. The molecule has 2 aromatic heterocycles. The molecule has 0 radical (unpaired) electrons. The second-order valence-corrected chi connectivity index (χ2v) is 9.55. The van der Waals surface area contributed by atoms with Crippen molar-refractivity contribution in [3.63, 3.8) is 0 Å². The van der Waals surface area contributed by atoms with Crippen LogP contribution in [0.5, 0.6) is 0 Å². The summed E-state index contributed by atoms with van der Waals surface area (Å²) in [4.78, 5) is 42.4. The highest BCUT2D eigenvalue weighted by Crippen LogP contribution is 2.31. The lowest BCUT2D eigenvalue weighted by atomic mass is 10.2. The molecule has 0 spiro atoms. The van der Waals surface area contributed by atoms with Crippen molar-refractivity contribution in [2.45, 2.75) is 52.2 Å². The molecule has 5 rings (SSSR count). The molecule has 4 heterocycles. The first-order chi connectivity index (χ1) is 16.4. The minimum atomic E-state index is -0.296. The topological polar surface area (TPSA) is 93.5 Å². The van der Waals surface area contributed by atoms with Gasteiger partial charge in [0.1, 0.15) is 0 Å². The second kappa shape index (κ2) is 9.15. The molecule has 2 fully saturated rings. The minimum absolute atomic E-state index is 0.215. The van der Waals surface area contributed by atoms with Gasteiger partial charge in [-0.3, -0.25) is 24.6 Å². The van der Waals surface area contributed by atoms with Gasteiger partial charge in [-0.2, -0.15) is 0 Å². The fraction of sp³-hybridized carbons (Fsp3) is 0.360. The van der Waals surface area contributed by atoms with Crippen LogP contribution < -0.4 is 10.2 Å². The van der Waals surface area contributed by atoms with Gasteiger partial charge in [-0.1, -0.05) is 0 Å². The Labute approximate surface area is 201 Å². The van der Waals surface area contributed by atoms with Crippen LogP contribution in [0.1, 0.15) is 47.4 Å². The summed E-state index contributed by atoms with van der Waals surface area (Å²) in [7, 11) is 0. The predicted molar refractivity (Wildman–Crippen MR) is 130 cm³/mol. The highest BCUT2D eigenvalue weighted by molar-refractivity contribution is 7.14. The second-order valence-electron chi connectivity index (χ2n) is 8.69. The largest absolute Gasteiger partial charge is 0.376 e. The van der Waals surface area contributed by atoms with E-state index in [2.05, 4.69) is 34.8 Å². The number of amides is 3. The molecular formula is C25H26N4O4S. The third-order valence-electron chi connectivity index (χ3n) is 6.42. The summed E-state index contributed by atoms with van der Waals surface area (Å²) in [6.45, 7) is 5.86. The number of aromatic nitrogens is 2. The number of nitrogens with zero attached hydrogens (tertiary/aromatic N) is 3. The summed E-state index contributed by atoms with van der Waals surface area (Å²) in [5, 5.41) is 5.31. The van der Waals surface area contributed by atoms with E-state index in [1.165, 1.54) is 16.2 Å². The van der Waals surface area contributed by atoms with Crippen molar-refractivity contribution in [2.24, 2.45) is 0 Å². The molecule has 0 bridgehead atoms. The Hall–Kier alpha value is -3.30. The smallest absolute Gasteiger partial charge is 0.257 e. The molecule has 1 atom stereocenters. The van der Waals surface area contributed by atoms with Gasteiger partial charge >= 0.3 is 0 Å². The standard InChI is InChI=1S/C25H26N4O4S/c1-15-12-20(16(2)28(15)13-19-4-3-11-33-19)21-14-34-25(26-21)27-24(32)17-5-7-18(8-6-17)29-22(30)9-10-23(29)31/h5-8,12,14,19H,3-4,9-11,13H2,1-2H3,(H,26,27,32). The van der Waals surface area contributed by atoms with Gasteiger partial charge in [0.05, 0.1) is 17.5 Å². The molecule has 2 saturated heterocycles. The van der Waals surface area contributed by atoms with Crippen LogP contribution in [0, 0.1) is 13.8 Å². The summed E-state index contributed by atoms with van der Waals surface area (Å²) >= 11 is 1.37. The van der Waals surface area contributed by atoms with Crippen molar-refractivity contribution in [1.82, 2.24) is 9.55 Å². The van der Waals surface area contributed by atoms with Gasteiger partial charge in [0.25, 0.3) is 5.91 Å². The number of ether oxygens (including phenoxy) is 1. The lowest BCUT2D eigenvalue weighted by Crippen LogP contribution is -2.28. The number of hydrogen-bond acceptors (Lipinski definition) is 6. The van der Waals surface area contributed by atoms with Crippen molar-refractivity contribution in [3.05, 3.63) is 52.7 Å². The average Bonchev–Trinajstić information content (AvgIpc) is 3.61. The van der Waals surface area contributed by atoms with Gasteiger partial charge < -0.3 is 9.30 Å². The molecule has 0 aliphatic carbocycles. The van der Waals surface area contributed by atoms with E-state index in [9.17, 15) is 14.4 Å². The van der Waals surface area contributed by atoms with E-state index >= 15 is 0 Å². The number of aryl methyl sites for hydroxylation is 1. The first-order valence-corrected chi connectivity index (χ1v) is 12.3. The number of anilines is 2. The van der Waals surface area contributed by atoms with E-state index in [4.69, 9.17) is 4.74 Å². The number of hydrogen-bond donors (Lipinski definition) is 1. The summed E-state index contributed by atoms with van der Waals surface area (Å²) in [6, 6.07) is 8.58. The van der Waals surface area contributed by atoms with Crippen molar-refractivity contribution in [3.8, 4) is 11.3 Å². The molecule has 2 aliphatic rings. The summed E-state index contributed by atoms with van der Waals surface area (Å²) in [5.41, 5.74) is 5.09. The van der Waals surface area contributed by atoms with Gasteiger partial charge in [-0.05, 0) is 57.0 Å². The van der Waals surface area contributed by atoms with E-state index in [0.29, 0.717) is 16.4 Å². The van der Waals surface area contributed by atoms with Crippen LogP contribution in [0.2, 0.25) is 0 Å². The Morgan fingerprint density at radius 3 is 2.59 bits per heavy atom. The Bertz CT molecular complexity index is 1240. The zero-order valence-corrected chi connectivity index (χ0v) is 20.0. The molecule has 8 nitrogen and oxygen atoms in total. The Balaban J connectivity index is 1.28. The lowest BCUT2D eigenvalue weighted by Gasteiger charge is -2.14. The Morgan fingerprint density at radius 2 is 1.91 bits per heavy atom. The molecule has 1 unspecified atom stereocenters. The van der Waals surface area contributed by atoms with Crippen LogP contribution >= 0.6 is 11.3 Å². The summed E-state index contributed by atoms with van der Waals surface area (Å²) in [5.74, 6) is -0.726. The van der Waals surface area contributed by atoms with Crippen molar-refractivity contribution in [1.29, 1.82) is 0 Å².